The van der Waals surface area contributed by atoms with Crippen molar-refractivity contribution in [1.82, 2.24) is 14.9 Å². The molecule has 0 unspecified atom stereocenters. The second kappa shape index (κ2) is 15.6. The Kier molecular flexibility index (Phi) is 11.3. The number of nitrogens with one attached hydrogen (secondary N) is 2. The van der Waals surface area contributed by atoms with E-state index >= 15 is 0 Å². The summed E-state index contributed by atoms with van der Waals surface area (Å²) in [4.78, 5) is 18.5. The van der Waals surface area contributed by atoms with Gasteiger partial charge in [0.05, 0.1) is 30.8 Å². The summed E-state index contributed by atoms with van der Waals surface area (Å²) >= 11 is 6.49. The Bertz CT molecular complexity index is 1750. The van der Waals surface area contributed by atoms with E-state index < -0.39 is 26.8 Å². The van der Waals surface area contributed by atoms with Gasteiger partial charge in [0.1, 0.15) is 11.4 Å². The summed E-state index contributed by atoms with van der Waals surface area (Å²) in [6, 6.07) is 11.6. The molecule has 3 aliphatic heterocycles. The molecule has 2 N–H and O–H groups in total. The van der Waals surface area contributed by atoms with Crippen LogP contribution in [0.25, 0.3) is 0 Å². The normalized spacial score (nSPS) is 32.8. The maximum Gasteiger partial charge on any atom is 0.264 e. The molecule has 1 saturated heterocycles. The predicted octanol–water partition coefficient (Wildman–Crippen LogP) is 5.19. The number of allylic oxidation sites excluding steroid dienone is 1. The molecule has 6 atom stereocenters. The molecule has 0 aromatic heterocycles. The van der Waals surface area contributed by atoms with Crippen molar-refractivity contribution in [2.24, 2.45) is 17.8 Å². The molecule has 0 radical (unpaired) electrons. The summed E-state index contributed by atoms with van der Waals surface area (Å²) < 4.78 is 48.3. The standard InChI is InChI=1S/C40H55ClN4O6S/c1-28-6-4-15-40(49-3,25-42-16-17-44-18-20-50-21-19-44)35-11-8-32(35)24-45-26-39(14-5-7-30-22-33(41)10-12-34(30)39)27-51-37-13-9-31(23-36(37)45)38(46)43-52(47,48)29(28)2/h4,9-10,12-13,15,22-23,28-29,32,35,42H,5-8,11,14,16-21,24-27H2,1-3H3,(H,43,46)/b15-4-/t28-,29+,32-,35+,39-,40-/m0/s1. The average molecular weight is 755 g/mol. The van der Waals surface area contributed by atoms with E-state index in [1.165, 1.54) is 11.1 Å². The third-order valence-electron chi connectivity index (χ3n) is 12.7. The first-order valence-electron chi connectivity index (χ1n) is 19.1. The Balaban J connectivity index is 1.25. The summed E-state index contributed by atoms with van der Waals surface area (Å²) in [5.74, 6) is 0.421. The molecule has 2 aromatic carbocycles. The second-order valence-corrected chi connectivity index (χ2v) is 18.3. The first kappa shape index (κ1) is 37.6. The van der Waals surface area contributed by atoms with Gasteiger partial charge in [-0.3, -0.25) is 9.69 Å². The zero-order valence-corrected chi connectivity index (χ0v) is 32.4. The number of rotatable bonds is 6. The van der Waals surface area contributed by atoms with E-state index in [0.717, 1.165) is 88.8 Å². The van der Waals surface area contributed by atoms with Crippen LogP contribution in [0.2, 0.25) is 5.02 Å². The van der Waals surface area contributed by atoms with Gasteiger partial charge in [-0.1, -0.05) is 36.7 Å². The Morgan fingerprint density at radius 2 is 1.94 bits per heavy atom. The van der Waals surface area contributed by atoms with Crippen LogP contribution in [0, 0.1) is 17.8 Å². The lowest BCUT2D eigenvalue weighted by Gasteiger charge is -2.50. The Labute approximate surface area is 314 Å². The number of anilines is 1. The number of carbonyl (C=O) groups excluding carboxylic acids is 1. The van der Waals surface area contributed by atoms with Gasteiger partial charge in [0, 0.05) is 68.9 Å². The van der Waals surface area contributed by atoms with Crippen molar-refractivity contribution in [2.75, 3.05) is 77.6 Å². The highest BCUT2D eigenvalue weighted by Crippen LogP contribution is 2.49. The number of methoxy groups -OCH3 is 1. The number of ether oxygens (including phenoxy) is 3. The molecule has 5 aliphatic rings. The zero-order chi connectivity index (χ0) is 36.5. The minimum Gasteiger partial charge on any atom is -0.490 e. The SMILES string of the molecule is CO[C@]1(CNCCN2CCOCC2)/C=C\C[C@H](C)[C@@H](C)S(=O)(=O)NC(=O)c2ccc3c(c2)N(C[C@@H]2CC[C@H]21)C[C@@]1(CCCc2cc(Cl)ccc21)CO3. The van der Waals surface area contributed by atoms with Crippen LogP contribution in [0.4, 0.5) is 5.69 Å². The molecule has 1 spiro atoms. The Morgan fingerprint density at radius 3 is 2.71 bits per heavy atom. The van der Waals surface area contributed by atoms with Crippen LogP contribution in [0.3, 0.4) is 0 Å². The van der Waals surface area contributed by atoms with E-state index in [2.05, 4.69) is 44.1 Å². The fraction of sp³-hybridized carbons (Fsp3) is 0.625. The van der Waals surface area contributed by atoms with Crippen molar-refractivity contribution in [2.45, 2.75) is 68.6 Å². The fourth-order valence-electron chi connectivity index (χ4n) is 9.18. The molecule has 52 heavy (non-hydrogen) atoms. The number of nitrogens with zero attached hydrogens (tertiary/aromatic N) is 2. The van der Waals surface area contributed by atoms with Gasteiger partial charge in [0.15, 0.2) is 0 Å². The van der Waals surface area contributed by atoms with Gasteiger partial charge in [0.2, 0.25) is 10.0 Å². The van der Waals surface area contributed by atoms with E-state index in [1.807, 2.05) is 32.2 Å². The number of fused-ring (bicyclic) bond motifs is 4. The Morgan fingerprint density at radius 1 is 1.12 bits per heavy atom. The van der Waals surface area contributed by atoms with Gasteiger partial charge < -0.3 is 24.4 Å². The van der Waals surface area contributed by atoms with Gasteiger partial charge in [-0.25, -0.2) is 13.1 Å². The minimum atomic E-state index is -3.95. The van der Waals surface area contributed by atoms with Gasteiger partial charge in [0.25, 0.3) is 5.91 Å². The topological polar surface area (TPSA) is 109 Å². The van der Waals surface area contributed by atoms with Gasteiger partial charge >= 0.3 is 0 Å². The third-order valence-corrected chi connectivity index (χ3v) is 14.9. The Hall–Kier alpha value is -2.67. The summed E-state index contributed by atoms with van der Waals surface area (Å²) in [6.07, 6.45) is 9.92. The minimum absolute atomic E-state index is 0.226. The molecule has 284 valence electrons. The highest BCUT2D eigenvalue weighted by Gasteiger charge is 2.49. The quantitative estimate of drug-likeness (QED) is 0.305. The third kappa shape index (κ3) is 7.64. The lowest BCUT2D eigenvalue weighted by atomic mass is 9.63. The van der Waals surface area contributed by atoms with Crippen molar-refractivity contribution in [3.8, 4) is 5.75 Å². The first-order valence-corrected chi connectivity index (χ1v) is 21.1. The van der Waals surface area contributed by atoms with E-state index in [1.54, 1.807) is 13.0 Å². The monoisotopic (exact) mass is 754 g/mol. The fourth-order valence-corrected chi connectivity index (χ4v) is 10.7. The number of aryl methyl sites for hydroxylation is 1. The number of benzene rings is 2. The van der Waals surface area contributed by atoms with Gasteiger partial charge in [-0.15, -0.1) is 0 Å². The van der Waals surface area contributed by atoms with E-state index in [4.69, 9.17) is 25.8 Å². The average Bonchev–Trinajstić information content (AvgIpc) is 3.27. The molecule has 1 amide bonds. The van der Waals surface area contributed by atoms with E-state index in [-0.39, 0.29) is 17.3 Å². The molecule has 12 heteroatoms. The summed E-state index contributed by atoms with van der Waals surface area (Å²) in [7, 11) is -2.14. The molecule has 2 bridgehead atoms. The summed E-state index contributed by atoms with van der Waals surface area (Å²) in [5, 5.41) is 3.71. The molecule has 2 fully saturated rings. The molecule has 2 aromatic rings. The lowest BCUT2D eigenvalue weighted by Crippen LogP contribution is -2.57. The number of hydrogen-bond donors (Lipinski definition) is 2. The summed E-state index contributed by atoms with van der Waals surface area (Å²) in [5.41, 5.74) is 2.83. The zero-order valence-electron chi connectivity index (χ0n) is 30.9. The van der Waals surface area contributed by atoms with Crippen molar-refractivity contribution < 1.29 is 27.4 Å². The van der Waals surface area contributed by atoms with E-state index in [9.17, 15) is 13.2 Å². The molecule has 2 aliphatic carbocycles. The largest absolute Gasteiger partial charge is 0.490 e. The molecule has 7 rings (SSSR count). The molecule has 1 saturated carbocycles. The second-order valence-electron chi connectivity index (χ2n) is 15.8. The smallest absolute Gasteiger partial charge is 0.264 e. The maximum absolute atomic E-state index is 13.6. The van der Waals surface area contributed by atoms with Crippen LogP contribution in [-0.2, 0) is 31.3 Å². The van der Waals surface area contributed by atoms with Crippen molar-refractivity contribution >= 4 is 33.2 Å². The predicted molar refractivity (Wildman–Crippen MR) is 205 cm³/mol. The number of amides is 1. The van der Waals surface area contributed by atoms with Crippen molar-refractivity contribution in [3.63, 3.8) is 0 Å². The highest BCUT2D eigenvalue weighted by molar-refractivity contribution is 7.90. The molecule has 10 nitrogen and oxygen atoms in total. The van der Waals surface area contributed by atoms with Crippen LogP contribution in [-0.4, -0.2) is 103 Å². The molecular formula is C40H55ClN4O6S. The van der Waals surface area contributed by atoms with E-state index in [0.29, 0.717) is 43.3 Å². The van der Waals surface area contributed by atoms with Crippen molar-refractivity contribution in [3.05, 3.63) is 70.3 Å². The number of carbonyl (C=O) groups is 1. The molecular weight excluding hydrogens is 700 g/mol. The number of hydrogen-bond acceptors (Lipinski definition) is 9. The van der Waals surface area contributed by atoms with Crippen LogP contribution in [0.15, 0.2) is 48.6 Å². The maximum atomic E-state index is 13.6. The van der Waals surface area contributed by atoms with Crippen molar-refractivity contribution in [1.29, 1.82) is 0 Å². The number of morpholine rings is 1. The van der Waals surface area contributed by atoms with Crippen LogP contribution in [0.5, 0.6) is 5.75 Å². The van der Waals surface area contributed by atoms with Crippen LogP contribution in [0.1, 0.15) is 67.4 Å². The summed E-state index contributed by atoms with van der Waals surface area (Å²) in [6.45, 7) is 11.5. The van der Waals surface area contributed by atoms with Crippen LogP contribution < -0.4 is 19.7 Å². The first-order chi connectivity index (χ1) is 25.0. The highest BCUT2D eigenvalue weighted by atomic mass is 35.5. The molecule has 3 heterocycles. The van der Waals surface area contributed by atoms with Crippen LogP contribution >= 0.6 is 11.6 Å². The number of sulfonamides is 1. The van der Waals surface area contributed by atoms with Gasteiger partial charge in [-0.2, -0.15) is 0 Å². The number of halogens is 1. The van der Waals surface area contributed by atoms with Gasteiger partial charge in [-0.05, 0) is 105 Å². The lowest BCUT2D eigenvalue weighted by molar-refractivity contribution is -0.0735.